The van der Waals surface area contributed by atoms with Crippen molar-refractivity contribution in [2.45, 2.75) is 39.7 Å². The Morgan fingerprint density at radius 1 is 0.946 bits per heavy atom. The number of hydrogen-bond donors (Lipinski definition) is 1. The van der Waals surface area contributed by atoms with Crippen molar-refractivity contribution in [3.8, 4) is 17.2 Å². The molecule has 1 N–H and O–H groups in total. The molecular formula is C30H35N3O4. The zero-order valence-electron chi connectivity index (χ0n) is 22.0. The normalized spacial score (nSPS) is 10.9. The molecule has 0 fully saturated rings. The van der Waals surface area contributed by atoms with E-state index in [0.717, 1.165) is 41.0 Å². The third-order valence-corrected chi connectivity index (χ3v) is 6.57. The molecule has 4 aromatic rings. The molecule has 0 spiro atoms. The van der Waals surface area contributed by atoms with Gasteiger partial charge in [0.2, 0.25) is 5.91 Å². The van der Waals surface area contributed by atoms with Gasteiger partial charge in [-0.1, -0.05) is 30.3 Å². The SMILES string of the molecule is COc1ccc(CC(=O)NCCCc2nc3ccccc3n2CCOc2cccc(C)c2C)cc1OC. The first-order valence-corrected chi connectivity index (χ1v) is 12.6. The second kappa shape index (κ2) is 12.3. The van der Waals surface area contributed by atoms with Crippen molar-refractivity contribution in [3.63, 3.8) is 0 Å². The zero-order valence-corrected chi connectivity index (χ0v) is 22.0. The highest BCUT2D eigenvalue weighted by atomic mass is 16.5. The summed E-state index contributed by atoms with van der Waals surface area (Å²) in [5, 5.41) is 3.02. The van der Waals surface area contributed by atoms with Gasteiger partial charge in [-0.3, -0.25) is 4.79 Å². The molecule has 1 amide bonds. The summed E-state index contributed by atoms with van der Waals surface area (Å²) in [6.07, 6.45) is 1.84. The fourth-order valence-corrected chi connectivity index (χ4v) is 4.41. The molecule has 7 nitrogen and oxygen atoms in total. The molecular weight excluding hydrogens is 466 g/mol. The number of ether oxygens (including phenoxy) is 3. The van der Waals surface area contributed by atoms with Crippen molar-refractivity contribution in [1.82, 2.24) is 14.9 Å². The van der Waals surface area contributed by atoms with Crippen LogP contribution < -0.4 is 19.5 Å². The molecule has 0 aliphatic carbocycles. The Labute approximate surface area is 218 Å². The minimum Gasteiger partial charge on any atom is -0.493 e. The van der Waals surface area contributed by atoms with E-state index in [4.69, 9.17) is 19.2 Å². The van der Waals surface area contributed by atoms with Crippen LogP contribution in [0.3, 0.4) is 0 Å². The maximum absolute atomic E-state index is 12.5. The van der Waals surface area contributed by atoms with Crippen LogP contribution >= 0.6 is 0 Å². The molecule has 0 aliphatic heterocycles. The number of nitrogens with one attached hydrogen (secondary N) is 1. The van der Waals surface area contributed by atoms with Crippen LogP contribution in [0.15, 0.2) is 60.7 Å². The number of amides is 1. The standard InChI is InChI=1S/C30H35N3O4/c1-21-9-7-12-26(22(21)2)37-18-17-33-25-11-6-5-10-24(25)32-29(33)13-8-16-31-30(34)20-23-14-15-27(35-3)28(19-23)36-4/h5-7,9-12,14-15,19H,8,13,16-18,20H2,1-4H3,(H,31,34). The first-order valence-electron chi connectivity index (χ1n) is 12.6. The predicted molar refractivity (Wildman–Crippen MR) is 146 cm³/mol. The van der Waals surface area contributed by atoms with Crippen molar-refractivity contribution < 1.29 is 19.0 Å². The molecule has 0 bridgehead atoms. The number of aryl methyl sites for hydroxylation is 2. The summed E-state index contributed by atoms with van der Waals surface area (Å²) < 4.78 is 18.9. The molecule has 7 heteroatoms. The summed E-state index contributed by atoms with van der Waals surface area (Å²) in [7, 11) is 3.18. The number of carbonyl (C=O) groups is 1. The number of benzene rings is 3. The van der Waals surface area contributed by atoms with Gasteiger partial charge in [0.25, 0.3) is 0 Å². The maximum Gasteiger partial charge on any atom is 0.224 e. The number of aromatic nitrogens is 2. The molecule has 0 atom stereocenters. The van der Waals surface area contributed by atoms with E-state index < -0.39 is 0 Å². The summed E-state index contributed by atoms with van der Waals surface area (Å²) in [5.41, 5.74) is 5.34. The Hall–Kier alpha value is -4.00. The van der Waals surface area contributed by atoms with Crippen LogP contribution in [0.2, 0.25) is 0 Å². The summed E-state index contributed by atoms with van der Waals surface area (Å²) >= 11 is 0. The zero-order chi connectivity index (χ0) is 26.2. The molecule has 0 aliphatic rings. The molecule has 0 unspecified atom stereocenters. The summed E-state index contributed by atoms with van der Waals surface area (Å²) in [6, 6.07) is 19.8. The Morgan fingerprint density at radius 3 is 2.57 bits per heavy atom. The fraction of sp³-hybridized carbons (Fsp3) is 0.333. The second-order valence-corrected chi connectivity index (χ2v) is 9.03. The first-order chi connectivity index (χ1) is 18.0. The van der Waals surface area contributed by atoms with Gasteiger partial charge in [0.1, 0.15) is 18.2 Å². The van der Waals surface area contributed by atoms with E-state index in [1.54, 1.807) is 14.2 Å². The molecule has 0 saturated heterocycles. The molecule has 37 heavy (non-hydrogen) atoms. The van der Waals surface area contributed by atoms with Gasteiger partial charge in [0.15, 0.2) is 11.5 Å². The topological polar surface area (TPSA) is 74.6 Å². The lowest BCUT2D eigenvalue weighted by atomic mass is 10.1. The van der Waals surface area contributed by atoms with E-state index in [9.17, 15) is 4.79 Å². The highest BCUT2D eigenvalue weighted by Crippen LogP contribution is 2.27. The van der Waals surface area contributed by atoms with E-state index >= 15 is 0 Å². The molecule has 3 aromatic carbocycles. The largest absolute Gasteiger partial charge is 0.493 e. The van der Waals surface area contributed by atoms with Crippen molar-refractivity contribution in [1.29, 1.82) is 0 Å². The number of nitrogens with zero attached hydrogens (tertiary/aromatic N) is 2. The van der Waals surface area contributed by atoms with Crippen molar-refractivity contribution >= 4 is 16.9 Å². The lowest BCUT2D eigenvalue weighted by Crippen LogP contribution is -2.26. The fourth-order valence-electron chi connectivity index (χ4n) is 4.41. The highest BCUT2D eigenvalue weighted by Gasteiger charge is 2.12. The van der Waals surface area contributed by atoms with Gasteiger partial charge < -0.3 is 24.1 Å². The van der Waals surface area contributed by atoms with Gasteiger partial charge in [-0.05, 0) is 67.3 Å². The van der Waals surface area contributed by atoms with E-state index in [2.05, 4.69) is 35.9 Å². The molecule has 0 saturated carbocycles. The number of methoxy groups -OCH3 is 2. The Kier molecular flexibility index (Phi) is 8.67. The number of fused-ring (bicyclic) bond motifs is 1. The number of carbonyl (C=O) groups excluding carboxylic acids is 1. The van der Waals surface area contributed by atoms with E-state index in [0.29, 0.717) is 31.2 Å². The van der Waals surface area contributed by atoms with Crippen molar-refractivity contribution in [2.24, 2.45) is 0 Å². The van der Waals surface area contributed by atoms with Crippen molar-refractivity contribution in [2.75, 3.05) is 27.4 Å². The van der Waals surface area contributed by atoms with Crippen LogP contribution in [0.5, 0.6) is 17.2 Å². The third kappa shape index (κ3) is 6.42. The lowest BCUT2D eigenvalue weighted by molar-refractivity contribution is -0.120. The monoisotopic (exact) mass is 501 g/mol. The number of para-hydroxylation sites is 2. The van der Waals surface area contributed by atoms with E-state index in [1.165, 1.54) is 11.1 Å². The van der Waals surface area contributed by atoms with Crippen LogP contribution in [-0.2, 0) is 24.2 Å². The Balaban J connectivity index is 1.33. The molecule has 0 radical (unpaired) electrons. The second-order valence-electron chi connectivity index (χ2n) is 9.03. The number of hydrogen-bond acceptors (Lipinski definition) is 5. The average molecular weight is 502 g/mol. The van der Waals surface area contributed by atoms with Gasteiger partial charge >= 0.3 is 0 Å². The first kappa shape index (κ1) is 26.1. The average Bonchev–Trinajstić information content (AvgIpc) is 3.26. The van der Waals surface area contributed by atoms with Crippen LogP contribution in [0, 0.1) is 13.8 Å². The quantitative estimate of drug-likeness (QED) is 0.275. The predicted octanol–water partition coefficient (Wildman–Crippen LogP) is 5.04. The Bertz CT molecular complexity index is 1360. The van der Waals surface area contributed by atoms with Gasteiger partial charge in [-0.25, -0.2) is 4.98 Å². The Morgan fingerprint density at radius 2 is 1.76 bits per heavy atom. The van der Waals surface area contributed by atoms with Crippen molar-refractivity contribution in [3.05, 3.63) is 83.2 Å². The number of imidazole rings is 1. The van der Waals surface area contributed by atoms with Crippen LogP contribution in [0.25, 0.3) is 11.0 Å². The summed E-state index contributed by atoms with van der Waals surface area (Å²) in [6.45, 7) is 6.02. The molecule has 1 heterocycles. The van der Waals surface area contributed by atoms with Gasteiger partial charge in [-0.15, -0.1) is 0 Å². The molecule has 4 rings (SSSR count). The minimum absolute atomic E-state index is 0.0253. The van der Waals surface area contributed by atoms with E-state index in [-0.39, 0.29) is 12.3 Å². The van der Waals surface area contributed by atoms with Crippen LogP contribution in [0.1, 0.15) is 28.9 Å². The smallest absolute Gasteiger partial charge is 0.224 e. The summed E-state index contributed by atoms with van der Waals surface area (Å²) in [5.74, 6) is 3.16. The molecule has 194 valence electrons. The molecule has 1 aromatic heterocycles. The minimum atomic E-state index is -0.0253. The van der Waals surface area contributed by atoms with Crippen LogP contribution in [0.4, 0.5) is 0 Å². The van der Waals surface area contributed by atoms with Gasteiger partial charge in [0.05, 0.1) is 38.2 Å². The lowest BCUT2D eigenvalue weighted by Gasteiger charge is -2.13. The number of rotatable bonds is 12. The highest BCUT2D eigenvalue weighted by molar-refractivity contribution is 5.79. The van der Waals surface area contributed by atoms with Crippen LogP contribution in [-0.4, -0.2) is 42.8 Å². The maximum atomic E-state index is 12.5. The van der Waals surface area contributed by atoms with Gasteiger partial charge in [0, 0.05) is 13.0 Å². The van der Waals surface area contributed by atoms with Gasteiger partial charge in [-0.2, -0.15) is 0 Å². The third-order valence-electron chi connectivity index (χ3n) is 6.57. The van der Waals surface area contributed by atoms with E-state index in [1.807, 2.05) is 48.5 Å². The summed E-state index contributed by atoms with van der Waals surface area (Å²) in [4.78, 5) is 17.4.